The number of nitrogens with zero attached hydrogens (tertiary/aromatic N) is 2. The summed E-state index contributed by atoms with van der Waals surface area (Å²) in [4.78, 5) is 18.4. The fraction of sp³-hybridized carbons (Fsp3) is 0.276. The quantitative estimate of drug-likeness (QED) is 0.242. The molecule has 0 saturated carbocycles. The number of hydrogen-bond acceptors (Lipinski definition) is 4. The first-order valence-electron chi connectivity index (χ1n) is 12.6. The van der Waals surface area contributed by atoms with Crippen molar-refractivity contribution in [1.29, 1.82) is 0 Å². The Hall–Kier alpha value is -3.60. The van der Waals surface area contributed by atoms with Crippen LogP contribution in [0.4, 0.5) is 8.78 Å². The largest absolute Gasteiger partial charge is 0.385 e. The molecular formula is C29H31F2N3O4S. The van der Waals surface area contributed by atoms with Crippen LogP contribution in [-0.4, -0.2) is 61.9 Å². The lowest BCUT2D eigenvalue weighted by molar-refractivity contribution is -0.132. The number of aromatic amines is 1. The van der Waals surface area contributed by atoms with Crippen molar-refractivity contribution >= 4 is 26.8 Å². The number of amides is 1. The highest BCUT2D eigenvalue weighted by Gasteiger charge is 2.28. The van der Waals surface area contributed by atoms with Crippen molar-refractivity contribution in [3.8, 4) is 0 Å². The minimum atomic E-state index is -4.08. The Kier molecular flexibility index (Phi) is 9.45. The van der Waals surface area contributed by atoms with Gasteiger partial charge in [0.15, 0.2) is 0 Å². The second-order valence-electron chi connectivity index (χ2n) is 9.19. The Labute approximate surface area is 227 Å². The van der Waals surface area contributed by atoms with Gasteiger partial charge in [-0.2, -0.15) is 4.31 Å². The number of sulfonamides is 1. The highest BCUT2D eigenvalue weighted by Crippen LogP contribution is 2.20. The fourth-order valence-electron chi connectivity index (χ4n) is 4.37. The lowest BCUT2D eigenvalue weighted by Crippen LogP contribution is -2.43. The number of carbonyl (C=O) groups is 1. The van der Waals surface area contributed by atoms with Gasteiger partial charge < -0.3 is 14.6 Å². The Morgan fingerprint density at radius 3 is 2.28 bits per heavy atom. The second kappa shape index (κ2) is 13.0. The van der Waals surface area contributed by atoms with Crippen molar-refractivity contribution in [2.45, 2.75) is 24.3 Å². The molecule has 1 N–H and O–H groups in total. The van der Waals surface area contributed by atoms with Crippen LogP contribution in [0, 0.1) is 11.6 Å². The molecule has 1 aromatic heterocycles. The van der Waals surface area contributed by atoms with Gasteiger partial charge in [-0.15, -0.1) is 0 Å². The lowest BCUT2D eigenvalue weighted by atomic mass is 10.1. The summed E-state index contributed by atoms with van der Waals surface area (Å²) in [6.45, 7) is 0.457. The Bertz CT molecular complexity index is 1490. The van der Waals surface area contributed by atoms with Crippen LogP contribution in [0.25, 0.3) is 10.9 Å². The Balaban J connectivity index is 1.58. The van der Waals surface area contributed by atoms with Crippen LogP contribution in [0.3, 0.4) is 0 Å². The molecule has 4 rings (SSSR count). The highest BCUT2D eigenvalue weighted by molar-refractivity contribution is 7.89. The molecule has 0 aliphatic rings. The summed E-state index contributed by atoms with van der Waals surface area (Å²) in [6.07, 6.45) is 2.81. The molecule has 1 amide bonds. The van der Waals surface area contributed by atoms with Gasteiger partial charge in [-0.05, 0) is 66.4 Å². The molecule has 3 aromatic carbocycles. The molecular weight excluding hydrogens is 524 g/mol. The minimum Gasteiger partial charge on any atom is -0.385 e. The molecule has 0 radical (unpaired) electrons. The van der Waals surface area contributed by atoms with Crippen molar-refractivity contribution in [1.82, 2.24) is 14.2 Å². The third-order valence-corrected chi connectivity index (χ3v) is 8.34. The van der Waals surface area contributed by atoms with E-state index in [0.717, 1.165) is 38.5 Å². The van der Waals surface area contributed by atoms with E-state index in [-0.39, 0.29) is 23.8 Å². The van der Waals surface area contributed by atoms with E-state index in [0.29, 0.717) is 26.0 Å². The van der Waals surface area contributed by atoms with Crippen molar-refractivity contribution < 1.29 is 26.7 Å². The van der Waals surface area contributed by atoms with E-state index in [1.54, 1.807) is 17.0 Å². The first kappa shape index (κ1) is 28.4. The van der Waals surface area contributed by atoms with Crippen LogP contribution in [0.2, 0.25) is 0 Å². The number of H-pyrrole nitrogens is 1. The molecule has 1 heterocycles. The number of benzene rings is 3. The Morgan fingerprint density at radius 2 is 1.59 bits per heavy atom. The molecule has 4 aromatic rings. The summed E-state index contributed by atoms with van der Waals surface area (Å²) < 4.78 is 60.0. The maximum Gasteiger partial charge on any atom is 0.243 e. The predicted molar refractivity (Wildman–Crippen MR) is 145 cm³/mol. The van der Waals surface area contributed by atoms with Crippen LogP contribution in [0.1, 0.15) is 17.5 Å². The molecule has 0 fully saturated rings. The monoisotopic (exact) mass is 555 g/mol. The van der Waals surface area contributed by atoms with Crippen molar-refractivity contribution in [2.75, 3.05) is 33.4 Å². The number of carbonyl (C=O) groups excluding carboxylic acids is 1. The SMILES string of the molecule is COCCCN(CC(=O)N(CCc1c[nH]c2ccccc12)Cc1ccc(F)cc1)S(=O)(=O)c1ccc(F)cc1. The Morgan fingerprint density at radius 1 is 0.923 bits per heavy atom. The van der Waals surface area contributed by atoms with Crippen LogP contribution < -0.4 is 0 Å². The standard InChI is InChI=1S/C29H31F2N3O4S/c1-38-18-4-16-34(39(36,37)26-13-11-25(31)12-14-26)21-29(35)33(20-22-7-9-24(30)10-8-22)17-15-23-19-32-28-6-3-2-5-27(23)28/h2-3,5-14,19,32H,4,15-18,20-21H2,1H3. The smallest absolute Gasteiger partial charge is 0.243 e. The van der Waals surface area contributed by atoms with Gasteiger partial charge in [0.05, 0.1) is 11.4 Å². The summed E-state index contributed by atoms with van der Waals surface area (Å²) in [5, 5.41) is 1.05. The molecule has 7 nitrogen and oxygen atoms in total. The van der Waals surface area contributed by atoms with E-state index in [1.807, 2.05) is 30.5 Å². The molecule has 0 bridgehead atoms. The number of aromatic nitrogens is 1. The third kappa shape index (κ3) is 7.29. The van der Waals surface area contributed by atoms with Gasteiger partial charge >= 0.3 is 0 Å². The van der Waals surface area contributed by atoms with Gasteiger partial charge in [-0.1, -0.05) is 30.3 Å². The fourth-order valence-corrected chi connectivity index (χ4v) is 5.80. The second-order valence-corrected chi connectivity index (χ2v) is 11.1. The summed E-state index contributed by atoms with van der Waals surface area (Å²) in [5.74, 6) is -1.34. The molecule has 206 valence electrons. The normalized spacial score (nSPS) is 11.8. The van der Waals surface area contributed by atoms with Crippen molar-refractivity contribution in [3.05, 3.63) is 102 Å². The highest BCUT2D eigenvalue weighted by atomic mass is 32.2. The van der Waals surface area contributed by atoms with Crippen molar-refractivity contribution in [2.24, 2.45) is 0 Å². The maximum absolute atomic E-state index is 13.7. The number of halogens is 2. The lowest BCUT2D eigenvalue weighted by Gasteiger charge is -2.27. The molecule has 0 atom stereocenters. The maximum atomic E-state index is 13.7. The van der Waals surface area contributed by atoms with E-state index in [1.165, 1.54) is 31.4 Å². The van der Waals surface area contributed by atoms with Gasteiger partial charge in [-0.25, -0.2) is 17.2 Å². The van der Waals surface area contributed by atoms with Gasteiger partial charge in [0.2, 0.25) is 15.9 Å². The van der Waals surface area contributed by atoms with E-state index in [2.05, 4.69) is 4.98 Å². The number of ether oxygens (including phenoxy) is 1. The molecule has 39 heavy (non-hydrogen) atoms. The zero-order chi connectivity index (χ0) is 27.8. The minimum absolute atomic E-state index is 0.0477. The summed E-state index contributed by atoms with van der Waals surface area (Å²) in [7, 11) is -2.57. The summed E-state index contributed by atoms with van der Waals surface area (Å²) in [6, 6.07) is 18.2. The first-order chi connectivity index (χ1) is 18.8. The summed E-state index contributed by atoms with van der Waals surface area (Å²) in [5.41, 5.74) is 2.73. The van der Waals surface area contributed by atoms with Gasteiger partial charge in [0, 0.05) is 50.5 Å². The number of fused-ring (bicyclic) bond motifs is 1. The molecule has 0 saturated heterocycles. The molecule has 0 aliphatic carbocycles. The van der Waals surface area contributed by atoms with Gasteiger partial charge in [0.1, 0.15) is 11.6 Å². The number of nitrogens with one attached hydrogen (secondary N) is 1. The summed E-state index contributed by atoms with van der Waals surface area (Å²) >= 11 is 0. The van der Waals surface area contributed by atoms with Crippen LogP contribution in [0.5, 0.6) is 0 Å². The molecule has 0 spiro atoms. The van der Waals surface area contributed by atoms with E-state index in [4.69, 9.17) is 4.74 Å². The van der Waals surface area contributed by atoms with Crippen molar-refractivity contribution in [3.63, 3.8) is 0 Å². The topological polar surface area (TPSA) is 82.7 Å². The number of rotatable bonds is 13. The number of methoxy groups -OCH3 is 1. The predicted octanol–water partition coefficient (Wildman–Crippen LogP) is 4.74. The third-order valence-electron chi connectivity index (χ3n) is 6.48. The molecule has 0 unspecified atom stereocenters. The van der Waals surface area contributed by atoms with Crippen LogP contribution >= 0.6 is 0 Å². The van der Waals surface area contributed by atoms with E-state index < -0.39 is 28.3 Å². The zero-order valence-corrected chi connectivity index (χ0v) is 22.5. The van der Waals surface area contributed by atoms with Crippen LogP contribution in [-0.2, 0) is 32.5 Å². The zero-order valence-electron chi connectivity index (χ0n) is 21.6. The molecule has 0 aliphatic heterocycles. The first-order valence-corrected chi connectivity index (χ1v) is 14.0. The number of hydrogen-bond donors (Lipinski definition) is 1. The molecule has 10 heteroatoms. The average Bonchev–Trinajstić information content (AvgIpc) is 3.35. The van der Waals surface area contributed by atoms with Crippen LogP contribution in [0.15, 0.2) is 83.9 Å². The number of para-hydroxylation sites is 1. The van der Waals surface area contributed by atoms with E-state index in [9.17, 15) is 22.0 Å². The van der Waals surface area contributed by atoms with E-state index >= 15 is 0 Å². The van der Waals surface area contributed by atoms with Gasteiger partial charge in [-0.3, -0.25) is 4.79 Å². The average molecular weight is 556 g/mol. The van der Waals surface area contributed by atoms with Gasteiger partial charge in [0.25, 0.3) is 0 Å².